The quantitative estimate of drug-likeness (QED) is 0.911. The summed E-state index contributed by atoms with van der Waals surface area (Å²) in [5.74, 6) is 0.992. The number of nitrogens with one attached hydrogen (secondary N) is 1. The molecular formula is C11H15BrN2O3. The van der Waals surface area contributed by atoms with Crippen LogP contribution in [0.4, 0.5) is 10.6 Å². The Kier molecular flexibility index (Phi) is 4.34. The van der Waals surface area contributed by atoms with Crippen LogP contribution in [-0.2, 0) is 4.74 Å². The fraction of sp³-hybridized carbons (Fsp3) is 0.455. The molecule has 0 saturated carbocycles. The number of hydrogen-bond acceptors (Lipinski definition) is 4. The summed E-state index contributed by atoms with van der Waals surface area (Å²) in [6, 6.07) is 1.64. The molecule has 0 saturated heterocycles. The number of hydrogen-bond donors (Lipinski definition) is 1. The molecule has 17 heavy (non-hydrogen) atoms. The van der Waals surface area contributed by atoms with Crippen molar-refractivity contribution in [1.29, 1.82) is 0 Å². The summed E-state index contributed by atoms with van der Waals surface area (Å²) in [4.78, 5) is 15.5. The normalized spacial score (nSPS) is 10.9. The summed E-state index contributed by atoms with van der Waals surface area (Å²) in [5.41, 5.74) is -0.534. The Hall–Kier alpha value is -1.30. The Morgan fingerprint density at radius 3 is 2.59 bits per heavy atom. The summed E-state index contributed by atoms with van der Waals surface area (Å²) in [6.45, 7) is 5.39. The molecule has 6 heteroatoms. The van der Waals surface area contributed by atoms with E-state index in [0.29, 0.717) is 16.0 Å². The van der Waals surface area contributed by atoms with E-state index in [-0.39, 0.29) is 0 Å². The first-order chi connectivity index (χ1) is 7.81. The minimum Gasteiger partial charge on any atom is -0.494 e. The second kappa shape index (κ2) is 5.35. The molecule has 1 N–H and O–H groups in total. The van der Waals surface area contributed by atoms with E-state index in [1.165, 1.54) is 6.20 Å². The first-order valence-electron chi connectivity index (χ1n) is 5.01. The number of aromatic nitrogens is 1. The largest absolute Gasteiger partial charge is 0.494 e. The number of nitrogens with zero attached hydrogens (tertiary/aromatic N) is 1. The monoisotopic (exact) mass is 302 g/mol. The van der Waals surface area contributed by atoms with Crippen LogP contribution in [0.25, 0.3) is 0 Å². The molecule has 0 aliphatic heterocycles. The van der Waals surface area contributed by atoms with E-state index in [1.807, 2.05) is 0 Å². The zero-order valence-corrected chi connectivity index (χ0v) is 11.8. The van der Waals surface area contributed by atoms with Crippen LogP contribution >= 0.6 is 15.9 Å². The van der Waals surface area contributed by atoms with Crippen molar-refractivity contribution in [3.8, 4) is 5.75 Å². The van der Waals surface area contributed by atoms with Gasteiger partial charge in [-0.3, -0.25) is 5.32 Å². The molecule has 0 radical (unpaired) electrons. The van der Waals surface area contributed by atoms with Crippen LogP contribution in [0.1, 0.15) is 20.8 Å². The Bertz CT molecular complexity index is 416. The Balaban J connectivity index is 2.69. The van der Waals surface area contributed by atoms with Gasteiger partial charge in [-0.05, 0) is 42.8 Å². The smallest absolute Gasteiger partial charge is 0.413 e. The third kappa shape index (κ3) is 4.60. The highest BCUT2D eigenvalue weighted by Crippen LogP contribution is 2.25. The van der Waals surface area contributed by atoms with E-state index in [9.17, 15) is 4.79 Å². The number of pyridine rings is 1. The van der Waals surface area contributed by atoms with Gasteiger partial charge in [-0.25, -0.2) is 9.78 Å². The molecular weight excluding hydrogens is 288 g/mol. The van der Waals surface area contributed by atoms with Crippen molar-refractivity contribution in [3.05, 3.63) is 16.7 Å². The molecule has 1 heterocycles. The summed E-state index contributed by atoms with van der Waals surface area (Å²) in [6.07, 6.45) is 0.971. The molecule has 0 spiro atoms. The second-order valence-corrected chi connectivity index (χ2v) is 5.19. The van der Waals surface area contributed by atoms with Crippen LogP contribution in [0.15, 0.2) is 16.7 Å². The van der Waals surface area contributed by atoms with Crippen LogP contribution in [0.3, 0.4) is 0 Å². The lowest BCUT2D eigenvalue weighted by Crippen LogP contribution is -2.27. The third-order valence-electron chi connectivity index (χ3n) is 1.67. The van der Waals surface area contributed by atoms with Crippen LogP contribution in [0.5, 0.6) is 5.75 Å². The maximum atomic E-state index is 11.5. The number of anilines is 1. The van der Waals surface area contributed by atoms with E-state index in [1.54, 1.807) is 33.9 Å². The van der Waals surface area contributed by atoms with Crippen molar-refractivity contribution in [1.82, 2.24) is 4.98 Å². The van der Waals surface area contributed by atoms with Crippen LogP contribution in [0.2, 0.25) is 0 Å². The first kappa shape index (κ1) is 13.8. The van der Waals surface area contributed by atoms with Gasteiger partial charge in [0.2, 0.25) is 0 Å². The van der Waals surface area contributed by atoms with E-state index < -0.39 is 11.7 Å². The lowest BCUT2D eigenvalue weighted by Gasteiger charge is -2.19. The first-order valence-corrected chi connectivity index (χ1v) is 5.80. The average Bonchev–Trinajstić information content (AvgIpc) is 2.14. The number of ether oxygens (including phenoxy) is 2. The molecule has 0 aromatic carbocycles. The molecule has 0 unspecified atom stereocenters. The van der Waals surface area contributed by atoms with Crippen molar-refractivity contribution in [2.75, 3.05) is 12.4 Å². The van der Waals surface area contributed by atoms with Crippen molar-refractivity contribution >= 4 is 27.8 Å². The predicted octanol–water partition coefficient (Wildman–Crippen LogP) is 3.20. The molecule has 1 amide bonds. The Labute approximate surface area is 109 Å². The van der Waals surface area contributed by atoms with Crippen molar-refractivity contribution in [2.45, 2.75) is 26.4 Å². The zero-order valence-electron chi connectivity index (χ0n) is 10.2. The van der Waals surface area contributed by atoms with Crippen LogP contribution in [-0.4, -0.2) is 23.8 Å². The molecule has 1 aromatic rings. The zero-order chi connectivity index (χ0) is 13.1. The number of rotatable bonds is 2. The van der Waals surface area contributed by atoms with Crippen molar-refractivity contribution in [2.24, 2.45) is 0 Å². The molecule has 0 aliphatic carbocycles. The van der Waals surface area contributed by atoms with Gasteiger partial charge in [0.05, 0.1) is 17.8 Å². The van der Waals surface area contributed by atoms with Gasteiger partial charge in [0, 0.05) is 0 Å². The van der Waals surface area contributed by atoms with Gasteiger partial charge in [-0.15, -0.1) is 0 Å². The fourth-order valence-corrected chi connectivity index (χ4v) is 1.53. The molecule has 0 aliphatic rings. The average molecular weight is 303 g/mol. The highest BCUT2D eigenvalue weighted by atomic mass is 79.9. The van der Waals surface area contributed by atoms with Gasteiger partial charge >= 0.3 is 6.09 Å². The lowest BCUT2D eigenvalue weighted by atomic mass is 10.2. The van der Waals surface area contributed by atoms with Gasteiger partial charge < -0.3 is 9.47 Å². The van der Waals surface area contributed by atoms with Crippen LogP contribution < -0.4 is 10.1 Å². The molecule has 0 bridgehead atoms. The Morgan fingerprint density at radius 1 is 1.47 bits per heavy atom. The number of carbonyl (C=O) groups excluding carboxylic acids is 1. The number of halogens is 1. The predicted molar refractivity (Wildman–Crippen MR) is 68.3 cm³/mol. The minimum absolute atomic E-state index is 0.395. The van der Waals surface area contributed by atoms with Crippen molar-refractivity contribution < 1.29 is 14.3 Å². The fourth-order valence-electron chi connectivity index (χ4n) is 1.05. The molecule has 1 aromatic heterocycles. The van der Waals surface area contributed by atoms with Gasteiger partial charge in [-0.2, -0.15) is 0 Å². The maximum Gasteiger partial charge on any atom is 0.413 e. The second-order valence-electron chi connectivity index (χ2n) is 4.33. The molecule has 1 rings (SSSR count). The third-order valence-corrected chi connectivity index (χ3v) is 2.29. The number of carbonyl (C=O) groups is 1. The molecule has 5 nitrogen and oxygen atoms in total. The van der Waals surface area contributed by atoms with E-state index in [4.69, 9.17) is 9.47 Å². The SMILES string of the molecule is COc1cnc(NC(=O)OC(C)(C)C)cc1Br. The van der Waals surface area contributed by atoms with Gasteiger partial charge in [0.15, 0.2) is 5.75 Å². The molecule has 94 valence electrons. The highest BCUT2D eigenvalue weighted by molar-refractivity contribution is 9.10. The van der Waals surface area contributed by atoms with Crippen LogP contribution in [0, 0.1) is 0 Å². The topological polar surface area (TPSA) is 60.5 Å². The highest BCUT2D eigenvalue weighted by Gasteiger charge is 2.16. The minimum atomic E-state index is -0.540. The molecule has 0 atom stereocenters. The van der Waals surface area contributed by atoms with E-state index >= 15 is 0 Å². The van der Waals surface area contributed by atoms with Gasteiger partial charge in [0.1, 0.15) is 11.4 Å². The number of methoxy groups -OCH3 is 1. The maximum absolute atomic E-state index is 11.5. The lowest BCUT2D eigenvalue weighted by molar-refractivity contribution is 0.0635. The summed E-state index contributed by atoms with van der Waals surface area (Å²) in [5, 5.41) is 2.53. The number of amides is 1. The Morgan fingerprint density at radius 2 is 2.12 bits per heavy atom. The molecule has 0 fully saturated rings. The summed E-state index contributed by atoms with van der Waals surface area (Å²) in [7, 11) is 1.54. The summed E-state index contributed by atoms with van der Waals surface area (Å²) < 4.78 is 10.8. The standard InChI is InChI=1S/C11H15BrN2O3/c1-11(2,3)17-10(15)14-9-5-7(12)8(16-4)6-13-9/h5-6H,1-4H3,(H,13,14,15). The van der Waals surface area contributed by atoms with Crippen molar-refractivity contribution in [3.63, 3.8) is 0 Å². The van der Waals surface area contributed by atoms with Gasteiger partial charge in [0.25, 0.3) is 0 Å². The summed E-state index contributed by atoms with van der Waals surface area (Å²) >= 11 is 3.30. The van der Waals surface area contributed by atoms with E-state index in [2.05, 4.69) is 26.2 Å². The van der Waals surface area contributed by atoms with Gasteiger partial charge in [-0.1, -0.05) is 0 Å². The van der Waals surface area contributed by atoms with E-state index in [0.717, 1.165) is 0 Å².